The zero-order chi connectivity index (χ0) is 19.6. The van der Waals surface area contributed by atoms with Gasteiger partial charge >= 0.3 is 6.03 Å². The number of morpholine rings is 1. The van der Waals surface area contributed by atoms with Crippen molar-refractivity contribution in [1.82, 2.24) is 24.8 Å². The van der Waals surface area contributed by atoms with E-state index >= 15 is 0 Å². The molecule has 5 rings (SSSR count). The maximum atomic E-state index is 13.0. The van der Waals surface area contributed by atoms with Crippen LogP contribution in [0.3, 0.4) is 0 Å². The second-order valence-corrected chi connectivity index (χ2v) is 7.76. The number of rotatable bonds is 2. The van der Waals surface area contributed by atoms with E-state index < -0.39 is 0 Å². The van der Waals surface area contributed by atoms with Gasteiger partial charge in [-0.1, -0.05) is 6.07 Å². The van der Waals surface area contributed by atoms with E-state index in [0.29, 0.717) is 45.2 Å². The molecule has 2 fully saturated rings. The third-order valence-electron chi connectivity index (χ3n) is 5.89. The number of amides is 2. The van der Waals surface area contributed by atoms with E-state index in [9.17, 15) is 4.79 Å². The lowest BCUT2D eigenvalue weighted by atomic mass is 10.1. The lowest BCUT2D eigenvalue weighted by Gasteiger charge is -2.36. The second kappa shape index (κ2) is 7.94. The standard InChI is InChI=1S/C21H26N6O2/c28-21(26-11-13-29-14-12-26)27-10-6-17-16(15-27)20(25-8-3-4-9-25)24-19(23-17)18-5-1-2-7-22-18/h1-2,5,7H,3-4,6,8-15H2. The third-order valence-corrected chi connectivity index (χ3v) is 5.89. The van der Waals surface area contributed by atoms with Gasteiger partial charge in [-0.25, -0.2) is 14.8 Å². The summed E-state index contributed by atoms with van der Waals surface area (Å²) in [4.78, 5) is 33.4. The van der Waals surface area contributed by atoms with E-state index in [4.69, 9.17) is 14.7 Å². The first-order valence-corrected chi connectivity index (χ1v) is 10.5. The second-order valence-electron chi connectivity index (χ2n) is 7.76. The Morgan fingerprint density at radius 3 is 2.55 bits per heavy atom. The molecule has 3 aliphatic heterocycles. The van der Waals surface area contributed by atoms with Gasteiger partial charge in [0.2, 0.25) is 0 Å². The Balaban J connectivity index is 1.47. The van der Waals surface area contributed by atoms with Gasteiger partial charge in [0.25, 0.3) is 0 Å². The monoisotopic (exact) mass is 394 g/mol. The number of hydrogen-bond donors (Lipinski definition) is 0. The van der Waals surface area contributed by atoms with Gasteiger partial charge in [0.05, 0.1) is 25.5 Å². The van der Waals surface area contributed by atoms with Gasteiger partial charge in [0.1, 0.15) is 11.5 Å². The Morgan fingerprint density at radius 1 is 0.966 bits per heavy atom. The number of ether oxygens (including phenoxy) is 1. The molecule has 0 aromatic carbocycles. The first-order valence-electron chi connectivity index (χ1n) is 10.5. The summed E-state index contributed by atoms with van der Waals surface area (Å²) in [5.41, 5.74) is 2.94. The minimum absolute atomic E-state index is 0.0973. The van der Waals surface area contributed by atoms with Crippen LogP contribution < -0.4 is 4.90 Å². The number of anilines is 1. The molecule has 0 unspecified atom stereocenters. The number of urea groups is 1. The summed E-state index contributed by atoms with van der Waals surface area (Å²) in [5, 5.41) is 0. The van der Waals surface area contributed by atoms with E-state index in [0.717, 1.165) is 42.3 Å². The van der Waals surface area contributed by atoms with Crippen LogP contribution in [0.2, 0.25) is 0 Å². The number of carbonyl (C=O) groups is 1. The molecule has 2 saturated heterocycles. The van der Waals surface area contributed by atoms with E-state index in [-0.39, 0.29) is 6.03 Å². The molecule has 0 spiro atoms. The van der Waals surface area contributed by atoms with E-state index in [1.807, 2.05) is 28.0 Å². The lowest BCUT2D eigenvalue weighted by molar-refractivity contribution is 0.0421. The van der Waals surface area contributed by atoms with Crippen LogP contribution in [0, 0.1) is 0 Å². The molecular weight excluding hydrogens is 368 g/mol. The Kier molecular flexibility index (Phi) is 5.01. The highest BCUT2D eigenvalue weighted by Crippen LogP contribution is 2.31. The molecule has 2 amide bonds. The molecule has 152 valence electrons. The fourth-order valence-corrected chi connectivity index (χ4v) is 4.31. The molecule has 0 radical (unpaired) electrons. The van der Waals surface area contributed by atoms with Crippen molar-refractivity contribution in [2.24, 2.45) is 0 Å². The summed E-state index contributed by atoms with van der Waals surface area (Å²) in [6.07, 6.45) is 4.87. The van der Waals surface area contributed by atoms with Gasteiger partial charge in [-0.15, -0.1) is 0 Å². The topological polar surface area (TPSA) is 74.7 Å². The minimum atomic E-state index is 0.0973. The highest BCUT2D eigenvalue weighted by Gasteiger charge is 2.31. The van der Waals surface area contributed by atoms with Crippen molar-refractivity contribution in [1.29, 1.82) is 0 Å². The quantitative estimate of drug-likeness (QED) is 0.775. The molecule has 2 aromatic rings. The molecule has 0 aliphatic carbocycles. The van der Waals surface area contributed by atoms with Crippen molar-refractivity contribution in [3.63, 3.8) is 0 Å². The highest BCUT2D eigenvalue weighted by atomic mass is 16.5. The summed E-state index contributed by atoms with van der Waals surface area (Å²) < 4.78 is 5.39. The number of carbonyl (C=O) groups excluding carboxylic acids is 1. The van der Waals surface area contributed by atoms with Crippen molar-refractivity contribution in [3.05, 3.63) is 35.7 Å². The van der Waals surface area contributed by atoms with Crippen LogP contribution in [-0.4, -0.2) is 76.7 Å². The summed E-state index contributed by atoms with van der Waals surface area (Å²) in [6, 6.07) is 5.91. The van der Waals surface area contributed by atoms with Crippen molar-refractivity contribution in [2.45, 2.75) is 25.8 Å². The van der Waals surface area contributed by atoms with Gasteiger partial charge < -0.3 is 19.4 Å². The molecule has 8 heteroatoms. The summed E-state index contributed by atoms with van der Waals surface area (Å²) in [6.45, 7) is 5.82. The Hall–Kier alpha value is -2.74. The van der Waals surface area contributed by atoms with Crippen molar-refractivity contribution >= 4 is 11.8 Å². The van der Waals surface area contributed by atoms with Gasteiger partial charge in [-0.3, -0.25) is 4.98 Å². The van der Waals surface area contributed by atoms with Crippen LogP contribution in [0.1, 0.15) is 24.1 Å². The number of pyridine rings is 1. The average Bonchev–Trinajstić information content (AvgIpc) is 3.33. The summed E-state index contributed by atoms with van der Waals surface area (Å²) in [7, 11) is 0. The van der Waals surface area contributed by atoms with Gasteiger partial charge in [-0.2, -0.15) is 0 Å². The number of nitrogens with zero attached hydrogens (tertiary/aromatic N) is 6. The van der Waals surface area contributed by atoms with Gasteiger partial charge in [-0.05, 0) is 25.0 Å². The number of aromatic nitrogens is 3. The first-order chi connectivity index (χ1) is 14.3. The molecular formula is C21H26N6O2. The van der Waals surface area contributed by atoms with Crippen molar-refractivity contribution in [3.8, 4) is 11.5 Å². The predicted octanol–water partition coefficient (Wildman–Crippen LogP) is 1.95. The fraction of sp³-hybridized carbons (Fsp3) is 0.524. The van der Waals surface area contributed by atoms with Crippen molar-refractivity contribution < 1.29 is 9.53 Å². The highest BCUT2D eigenvalue weighted by molar-refractivity contribution is 5.75. The molecule has 0 atom stereocenters. The zero-order valence-corrected chi connectivity index (χ0v) is 16.6. The minimum Gasteiger partial charge on any atom is -0.378 e. The van der Waals surface area contributed by atoms with E-state index in [2.05, 4.69) is 9.88 Å². The Labute approximate surface area is 170 Å². The maximum absolute atomic E-state index is 13.0. The van der Waals surface area contributed by atoms with Crippen LogP contribution >= 0.6 is 0 Å². The predicted molar refractivity (Wildman–Crippen MR) is 109 cm³/mol. The SMILES string of the molecule is O=C(N1CCOCC1)N1CCc2nc(-c3ccccn3)nc(N3CCCC3)c2C1. The molecule has 0 saturated carbocycles. The Morgan fingerprint density at radius 2 is 1.79 bits per heavy atom. The van der Waals surface area contributed by atoms with Crippen LogP contribution in [0.4, 0.5) is 10.6 Å². The largest absolute Gasteiger partial charge is 0.378 e. The summed E-state index contributed by atoms with van der Waals surface area (Å²) >= 11 is 0. The fourth-order valence-electron chi connectivity index (χ4n) is 4.31. The molecule has 3 aliphatic rings. The zero-order valence-electron chi connectivity index (χ0n) is 16.6. The normalized spacial score (nSPS) is 19.4. The molecule has 2 aromatic heterocycles. The Bertz CT molecular complexity index is 878. The van der Waals surface area contributed by atoms with Gasteiger partial charge in [0.15, 0.2) is 5.82 Å². The van der Waals surface area contributed by atoms with Crippen LogP contribution in [0.15, 0.2) is 24.4 Å². The molecule has 8 nitrogen and oxygen atoms in total. The van der Waals surface area contributed by atoms with Gasteiger partial charge in [0, 0.05) is 50.9 Å². The van der Waals surface area contributed by atoms with E-state index in [1.54, 1.807) is 6.20 Å². The van der Waals surface area contributed by atoms with Crippen LogP contribution in [0.25, 0.3) is 11.5 Å². The molecule has 29 heavy (non-hydrogen) atoms. The summed E-state index contributed by atoms with van der Waals surface area (Å²) in [5.74, 6) is 1.66. The van der Waals surface area contributed by atoms with E-state index in [1.165, 1.54) is 12.8 Å². The van der Waals surface area contributed by atoms with Crippen LogP contribution in [-0.2, 0) is 17.7 Å². The van der Waals surface area contributed by atoms with Crippen molar-refractivity contribution in [2.75, 3.05) is 50.8 Å². The first kappa shape index (κ1) is 18.3. The molecule has 0 N–H and O–H groups in total. The number of hydrogen-bond acceptors (Lipinski definition) is 6. The maximum Gasteiger partial charge on any atom is 0.320 e. The van der Waals surface area contributed by atoms with Crippen LogP contribution in [0.5, 0.6) is 0 Å². The number of fused-ring (bicyclic) bond motifs is 1. The third kappa shape index (κ3) is 3.64. The molecule has 5 heterocycles. The lowest BCUT2D eigenvalue weighted by Crippen LogP contribution is -2.49. The average molecular weight is 394 g/mol. The smallest absolute Gasteiger partial charge is 0.320 e. The molecule has 0 bridgehead atoms.